The first-order valence-corrected chi connectivity index (χ1v) is 7.92. The molecule has 1 saturated heterocycles. The number of methoxy groups -OCH3 is 1. The van der Waals surface area contributed by atoms with E-state index >= 15 is 4.39 Å². The Hall–Kier alpha value is -2.51. The lowest BCUT2D eigenvalue weighted by atomic mass is 10.1. The molecule has 2 fully saturated rings. The maximum Gasteiger partial charge on any atom is 0.266 e. The normalized spacial score (nSPS) is 23.5. The van der Waals surface area contributed by atoms with Gasteiger partial charge < -0.3 is 14.2 Å². The number of pyridine rings is 1. The zero-order chi connectivity index (χ0) is 16.7. The molecule has 0 N–H and O–H groups in total. The maximum absolute atomic E-state index is 15.2. The predicted octanol–water partition coefficient (Wildman–Crippen LogP) is 2.06. The van der Waals surface area contributed by atoms with E-state index < -0.39 is 5.67 Å². The number of aromatic nitrogens is 3. The van der Waals surface area contributed by atoms with Gasteiger partial charge in [0.15, 0.2) is 5.82 Å². The minimum atomic E-state index is -1.80. The highest BCUT2D eigenvalue weighted by atomic mass is 19.1. The van der Waals surface area contributed by atoms with Crippen LogP contribution in [-0.2, 0) is 5.67 Å². The quantitative estimate of drug-likeness (QED) is 0.852. The Morgan fingerprint density at radius 2 is 2.33 bits per heavy atom. The number of amides is 1. The van der Waals surface area contributed by atoms with E-state index in [1.807, 2.05) is 0 Å². The van der Waals surface area contributed by atoms with Gasteiger partial charge >= 0.3 is 0 Å². The fraction of sp³-hybridized carbons (Fsp3) is 0.500. The number of alkyl halides is 1. The average molecular weight is 332 g/mol. The minimum Gasteiger partial charge on any atom is -0.480 e. The number of hydrogen-bond acceptors (Lipinski definition) is 6. The van der Waals surface area contributed by atoms with Crippen LogP contribution in [0.2, 0.25) is 0 Å². The van der Waals surface area contributed by atoms with Crippen LogP contribution >= 0.6 is 0 Å². The molecular formula is C16H17FN4O3. The molecule has 3 heterocycles. The topological polar surface area (TPSA) is 81.4 Å². The van der Waals surface area contributed by atoms with Crippen LogP contribution in [0.25, 0.3) is 0 Å². The van der Waals surface area contributed by atoms with E-state index in [1.54, 1.807) is 12.1 Å². The third kappa shape index (κ3) is 2.51. The largest absolute Gasteiger partial charge is 0.480 e. The zero-order valence-electron chi connectivity index (χ0n) is 13.2. The molecule has 1 atom stereocenters. The molecule has 1 aliphatic carbocycles. The van der Waals surface area contributed by atoms with Gasteiger partial charge in [-0.3, -0.25) is 4.79 Å². The van der Waals surface area contributed by atoms with Crippen molar-refractivity contribution in [2.45, 2.75) is 30.8 Å². The minimum absolute atomic E-state index is 0.0298. The fourth-order valence-electron chi connectivity index (χ4n) is 2.93. The summed E-state index contributed by atoms with van der Waals surface area (Å²) in [4.78, 5) is 22.3. The summed E-state index contributed by atoms with van der Waals surface area (Å²) >= 11 is 0. The molecule has 0 aromatic carbocycles. The van der Waals surface area contributed by atoms with Crippen molar-refractivity contribution in [3.63, 3.8) is 0 Å². The number of halogens is 1. The van der Waals surface area contributed by atoms with Gasteiger partial charge in [0.25, 0.3) is 11.8 Å². The molecule has 7 nitrogen and oxygen atoms in total. The first kappa shape index (κ1) is 15.0. The molecule has 4 rings (SSSR count). The van der Waals surface area contributed by atoms with Crippen molar-refractivity contribution < 1.29 is 18.4 Å². The van der Waals surface area contributed by atoms with Crippen molar-refractivity contribution >= 4 is 5.91 Å². The predicted molar refractivity (Wildman–Crippen MR) is 80.4 cm³/mol. The Labute approximate surface area is 137 Å². The molecule has 0 spiro atoms. The standard InChI is InChI=1S/C16H17FN4O3/c1-23-13-11(3-2-7-18-13)14(22)21-8-6-16(17,9-21)15-19-12(20-24-15)10-4-5-10/h2-3,7,10H,4-6,8-9H2,1H3. The lowest BCUT2D eigenvalue weighted by Crippen LogP contribution is -2.32. The summed E-state index contributed by atoms with van der Waals surface area (Å²) in [7, 11) is 1.44. The maximum atomic E-state index is 15.2. The van der Waals surface area contributed by atoms with Crippen LogP contribution in [0.1, 0.15) is 47.3 Å². The summed E-state index contributed by atoms with van der Waals surface area (Å²) in [6, 6.07) is 3.26. The Balaban J connectivity index is 1.53. The molecule has 8 heteroatoms. The first-order valence-electron chi connectivity index (χ1n) is 7.92. The van der Waals surface area contributed by atoms with E-state index in [0.29, 0.717) is 17.3 Å². The second-order valence-electron chi connectivity index (χ2n) is 6.23. The smallest absolute Gasteiger partial charge is 0.266 e. The monoisotopic (exact) mass is 332 g/mol. The first-order chi connectivity index (χ1) is 11.6. The van der Waals surface area contributed by atoms with E-state index in [2.05, 4.69) is 15.1 Å². The number of carbonyl (C=O) groups excluding carboxylic acids is 1. The summed E-state index contributed by atoms with van der Waals surface area (Å²) < 4.78 is 25.4. The van der Waals surface area contributed by atoms with E-state index in [1.165, 1.54) is 18.2 Å². The van der Waals surface area contributed by atoms with Crippen molar-refractivity contribution in [2.75, 3.05) is 20.2 Å². The number of carbonyl (C=O) groups is 1. The van der Waals surface area contributed by atoms with Gasteiger partial charge in [-0.25, -0.2) is 9.37 Å². The van der Waals surface area contributed by atoms with Crippen molar-refractivity contribution in [2.24, 2.45) is 0 Å². The molecule has 2 aromatic heterocycles. The molecule has 1 aliphatic heterocycles. The van der Waals surface area contributed by atoms with Gasteiger partial charge in [0.1, 0.15) is 5.56 Å². The van der Waals surface area contributed by atoms with E-state index in [4.69, 9.17) is 9.26 Å². The Morgan fingerprint density at radius 1 is 1.50 bits per heavy atom. The second kappa shape index (κ2) is 5.54. The molecule has 126 valence electrons. The van der Waals surface area contributed by atoms with Gasteiger partial charge in [-0.2, -0.15) is 4.98 Å². The Kier molecular flexibility index (Phi) is 3.47. The van der Waals surface area contributed by atoms with Gasteiger partial charge in [-0.05, 0) is 25.0 Å². The van der Waals surface area contributed by atoms with Gasteiger partial charge in [0, 0.05) is 25.1 Å². The third-order valence-corrected chi connectivity index (χ3v) is 4.47. The van der Waals surface area contributed by atoms with Crippen LogP contribution in [0.4, 0.5) is 4.39 Å². The molecule has 1 saturated carbocycles. The number of likely N-dealkylation sites (tertiary alicyclic amines) is 1. The van der Waals surface area contributed by atoms with Gasteiger partial charge in [-0.15, -0.1) is 0 Å². The number of rotatable bonds is 4. The number of nitrogens with zero attached hydrogens (tertiary/aromatic N) is 4. The summed E-state index contributed by atoms with van der Waals surface area (Å²) in [5.41, 5.74) is -1.49. The van der Waals surface area contributed by atoms with Gasteiger partial charge in [-0.1, -0.05) is 5.16 Å². The SMILES string of the molecule is COc1ncccc1C(=O)N1CCC(F)(c2nc(C3CC3)no2)C1. The van der Waals surface area contributed by atoms with Crippen LogP contribution in [0, 0.1) is 0 Å². The van der Waals surface area contributed by atoms with Crippen LogP contribution in [0.5, 0.6) is 5.88 Å². The van der Waals surface area contributed by atoms with Crippen LogP contribution < -0.4 is 4.74 Å². The number of ether oxygens (including phenoxy) is 1. The van der Waals surface area contributed by atoms with E-state index in [9.17, 15) is 4.79 Å². The van der Waals surface area contributed by atoms with Crippen LogP contribution in [0.3, 0.4) is 0 Å². The second-order valence-corrected chi connectivity index (χ2v) is 6.23. The highest BCUT2D eigenvalue weighted by Gasteiger charge is 2.47. The molecule has 0 radical (unpaired) electrons. The molecule has 1 amide bonds. The summed E-state index contributed by atoms with van der Waals surface area (Å²) in [6.45, 7) is 0.157. The highest BCUT2D eigenvalue weighted by molar-refractivity contribution is 5.96. The lowest BCUT2D eigenvalue weighted by molar-refractivity contribution is 0.0713. The van der Waals surface area contributed by atoms with Gasteiger partial charge in [0.05, 0.1) is 13.7 Å². The fourth-order valence-corrected chi connectivity index (χ4v) is 2.93. The molecule has 24 heavy (non-hydrogen) atoms. The third-order valence-electron chi connectivity index (χ3n) is 4.47. The van der Waals surface area contributed by atoms with Crippen molar-refractivity contribution in [1.29, 1.82) is 0 Å². The highest BCUT2D eigenvalue weighted by Crippen LogP contribution is 2.41. The summed E-state index contributed by atoms with van der Waals surface area (Å²) in [5.74, 6) is 0.748. The lowest BCUT2D eigenvalue weighted by Gasteiger charge is -2.18. The van der Waals surface area contributed by atoms with Crippen LogP contribution in [-0.4, -0.2) is 46.1 Å². The molecular weight excluding hydrogens is 315 g/mol. The van der Waals surface area contributed by atoms with Crippen molar-refractivity contribution in [3.05, 3.63) is 35.6 Å². The Bertz CT molecular complexity index is 776. The van der Waals surface area contributed by atoms with Crippen molar-refractivity contribution in [1.82, 2.24) is 20.0 Å². The summed E-state index contributed by atoms with van der Waals surface area (Å²) in [6.07, 6.45) is 3.71. The average Bonchev–Trinajstić information content (AvgIpc) is 3.18. The number of hydrogen-bond donors (Lipinski definition) is 0. The molecule has 1 unspecified atom stereocenters. The molecule has 2 aliphatic rings. The van der Waals surface area contributed by atoms with E-state index in [-0.39, 0.29) is 37.2 Å². The summed E-state index contributed by atoms with van der Waals surface area (Å²) in [5, 5.41) is 3.86. The molecule has 2 aromatic rings. The molecule has 0 bridgehead atoms. The van der Waals surface area contributed by atoms with Gasteiger partial charge in [0.2, 0.25) is 11.5 Å². The van der Waals surface area contributed by atoms with Crippen molar-refractivity contribution in [3.8, 4) is 5.88 Å². The van der Waals surface area contributed by atoms with E-state index in [0.717, 1.165) is 12.8 Å². The zero-order valence-corrected chi connectivity index (χ0v) is 13.2. The van der Waals surface area contributed by atoms with Crippen LogP contribution in [0.15, 0.2) is 22.9 Å². The Morgan fingerprint density at radius 3 is 3.08 bits per heavy atom.